The summed E-state index contributed by atoms with van der Waals surface area (Å²) in [6.07, 6.45) is -2.68. The van der Waals surface area contributed by atoms with Gasteiger partial charge in [0.15, 0.2) is 11.7 Å². The lowest BCUT2D eigenvalue weighted by Gasteiger charge is -2.27. The van der Waals surface area contributed by atoms with Crippen LogP contribution in [0.3, 0.4) is 0 Å². The molecule has 1 aromatic heterocycles. The van der Waals surface area contributed by atoms with Crippen molar-refractivity contribution in [2.75, 3.05) is 0 Å². The summed E-state index contributed by atoms with van der Waals surface area (Å²) in [5.74, 6) is -2.39. The molecule has 4 atom stereocenters. The van der Waals surface area contributed by atoms with Gasteiger partial charge in [0, 0.05) is 0 Å². The van der Waals surface area contributed by atoms with Crippen molar-refractivity contribution in [3.05, 3.63) is 66.1 Å². The van der Waals surface area contributed by atoms with Gasteiger partial charge in [0.05, 0.1) is 12.5 Å². The number of aliphatic hydroxyl groups excluding tert-OH is 1. The lowest BCUT2D eigenvalue weighted by molar-refractivity contribution is -0.156. The van der Waals surface area contributed by atoms with Crippen LogP contribution >= 0.6 is 0 Å². The maximum Gasteiger partial charge on any atom is 0.408 e. The Bertz CT molecular complexity index is 1370. The van der Waals surface area contributed by atoms with Crippen molar-refractivity contribution in [1.29, 1.82) is 0 Å². The van der Waals surface area contributed by atoms with Crippen LogP contribution in [-0.4, -0.2) is 57.7 Å². The number of aromatic nitrogens is 1. The minimum Gasteiger partial charge on any atom is -0.460 e. The second kappa shape index (κ2) is 14.6. The predicted octanol–water partition coefficient (Wildman–Crippen LogP) is 3.53. The van der Waals surface area contributed by atoms with Crippen molar-refractivity contribution in [2.45, 2.75) is 84.4 Å². The number of oxazole rings is 1. The van der Waals surface area contributed by atoms with Crippen LogP contribution in [0.5, 0.6) is 0 Å². The maximum atomic E-state index is 13.2. The molecular formula is C31H40N4O8. The summed E-state index contributed by atoms with van der Waals surface area (Å²) in [4.78, 5) is 55.6. The van der Waals surface area contributed by atoms with Crippen LogP contribution in [-0.2, 0) is 30.5 Å². The van der Waals surface area contributed by atoms with E-state index in [9.17, 15) is 24.3 Å². The number of carbonyl (C=O) groups is 4. The average molecular weight is 597 g/mol. The van der Waals surface area contributed by atoms with Gasteiger partial charge >= 0.3 is 12.1 Å². The fourth-order valence-corrected chi connectivity index (χ4v) is 4.10. The minimum absolute atomic E-state index is 0.0271. The number of esters is 1. The highest BCUT2D eigenvalue weighted by molar-refractivity contribution is 5.91. The van der Waals surface area contributed by atoms with Crippen LogP contribution < -0.4 is 16.0 Å². The van der Waals surface area contributed by atoms with Gasteiger partial charge in [-0.1, -0.05) is 56.3 Å². The standard InChI is InChI=1S/C31H40N4O8/c1-18(2)25(35-30(40)41-17-20-12-8-7-9-13-20)28(39)32-19(3)27(38)33-22(16-24(36)43-31(4,5)6)26(37)29-34-21-14-10-11-15-23(21)42-29/h7-15,18-19,22,25-26,37H,16-17H2,1-6H3,(H,32,39)(H,33,38)(H,35,40)/t19-,22?,25-,26?/m0/s1. The van der Waals surface area contributed by atoms with E-state index in [1.807, 2.05) is 18.2 Å². The molecule has 0 bridgehead atoms. The summed E-state index contributed by atoms with van der Waals surface area (Å²) < 4.78 is 16.3. The number of rotatable bonds is 12. The van der Waals surface area contributed by atoms with E-state index in [0.717, 1.165) is 5.56 Å². The molecule has 0 saturated heterocycles. The van der Waals surface area contributed by atoms with E-state index in [1.54, 1.807) is 71.0 Å². The third-order valence-corrected chi connectivity index (χ3v) is 6.27. The zero-order valence-electron chi connectivity index (χ0n) is 25.2. The van der Waals surface area contributed by atoms with E-state index in [1.165, 1.54) is 6.92 Å². The highest BCUT2D eigenvalue weighted by Crippen LogP contribution is 2.24. The molecule has 3 aromatic rings. The van der Waals surface area contributed by atoms with Gasteiger partial charge in [-0.2, -0.15) is 0 Å². The van der Waals surface area contributed by atoms with Crippen molar-refractivity contribution in [3.8, 4) is 0 Å². The Balaban J connectivity index is 1.67. The van der Waals surface area contributed by atoms with Crippen LogP contribution in [0.15, 0.2) is 59.0 Å². The van der Waals surface area contributed by atoms with Crippen LogP contribution in [0.2, 0.25) is 0 Å². The van der Waals surface area contributed by atoms with Gasteiger partial charge in [-0.05, 0) is 51.3 Å². The number of carbonyl (C=O) groups excluding carboxylic acids is 4. The molecule has 2 aromatic carbocycles. The van der Waals surface area contributed by atoms with Gasteiger partial charge in [-0.3, -0.25) is 14.4 Å². The Hall–Kier alpha value is -4.45. The second-order valence-electron chi connectivity index (χ2n) is 11.5. The Labute approximate surface area is 250 Å². The zero-order chi connectivity index (χ0) is 31.7. The quantitative estimate of drug-likeness (QED) is 0.229. The summed E-state index contributed by atoms with van der Waals surface area (Å²) in [5.41, 5.74) is 0.911. The van der Waals surface area contributed by atoms with E-state index in [2.05, 4.69) is 20.9 Å². The average Bonchev–Trinajstić information content (AvgIpc) is 3.37. The van der Waals surface area contributed by atoms with Gasteiger partial charge in [0.1, 0.15) is 29.8 Å². The number of hydrogen-bond donors (Lipinski definition) is 4. The molecule has 43 heavy (non-hydrogen) atoms. The SMILES string of the molecule is CC(C)[C@H](NC(=O)OCc1ccccc1)C(=O)N[C@@H](C)C(=O)NC(CC(=O)OC(C)(C)C)C(O)c1nc2ccccc2o1. The van der Waals surface area contributed by atoms with Gasteiger partial charge in [-0.15, -0.1) is 0 Å². The minimum atomic E-state index is -1.50. The van der Waals surface area contributed by atoms with Crippen LogP contribution in [0.4, 0.5) is 4.79 Å². The smallest absolute Gasteiger partial charge is 0.408 e. The summed E-state index contributed by atoms with van der Waals surface area (Å²) in [5, 5.41) is 18.8. The number of amides is 3. The number of para-hydroxylation sites is 2. The monoisotopic (exact) mass is 596 g/mol. The Morgan fingerprint density at radius 2 is 1.56 bits per heavy atom. The van der Waals surface area contributed by atoms with Crippen molar-refractivity contribution in [1.82, 2.24) is 20.9 Å². The molecule has 3 rings (SSSR count). The van der Waals surface area contributed by atoms with Crippen LogP contribution in [0.25, 0.3) is 11.1 Å². The van der Waals surface area contributed by atoms with Gasteiger partial charge in [0.25, 0.3) is 0 Å². The first-order valence-corrected chi connectivity index (χ1v) is 14.1. The topological polar surface area (TPSA) is 169 Å². The Morgan fingerprint density at radius 1 is 0.907 bits per heavy atom. The Morgan fingerprint density at radius 3 is 2.19 bits per heavy atom. The molecular weight excluding hydrogens is 556 g/mol. The molecule has 4 N–H and O–H groups in total. The van der Waals surface area contributed by atoms with Crippen molar-refractivity contribution < 1.29 is 38.2 Å². The predicted molar refractivity (Wildman–Crippen MR) is 157 cm³/mol. The molecule has 12 heteroatoms. The summed E-state index contributed by atoms with van der Waals surface area (Å²) in [7, 11) is 0. The van der Waals surface area contributed by atoms with E-state index in [-0.39, 0.29) is 18.4 Å². The first-order chi connectivity index (χ1) is 20.2. The van der Waals surface area contributed by atoms with E-state index < -0.39 is 60.1 Å². The number of ether oxygens (including phenoxy) is 2. The second-order valence-corrected chi connectivity index (χ2v) is 11.5. The maximum absolute atomic E-state index is 13.2. The number of fused-ring (bicyclic) bond motifs is 1. The molecule has 0 fully saturated rings. The fourth-order valence-electron chi connectivity index (χ4n) is 4.10. The molecule has 0 radical (unpaired) electrons. The molecule has 0 spiro atoms. The summed E-state index contributed by atoms with van der Waals surface area (Å²) >= 11 is 0. The third-order valence-electron chi connectivity index (χ3n) is 6.27. The number of aliphatic hydroxyl groups is 1. The molecule has 0 aliphatic heterocycles. The number of nitrogens with zero attached hydrogens (tertiary/aromatic N) is 1. The molecule has 3 amide bonds. The van der Waals surface area contributed by atoms with E-state index >= 15 is 0 Å². The highest BCUT2D eigenvalue weighted by Gasteiger charge is 2.33. The van der Waals surface area contributed by atoms with Crippen molar-refractivity contribution in [3.63, 3.8) is 0 Å². The highest BCUT2D eigenvalue weighted by atomic mass is 16.6. The normalized spacial score (nSPS) is 14.3. The zero-order valence-corrected chi connectivity index (χ0v) is 25.2. The first kappa shape index (κ1) is 33.1. The fraction of sp³-hybridized carbons (Fsp3) is 0.452. The lowest BCUT2D eigenvalue weighted by Crippen LogP contribution is -2.56. The first-order valence-electron chi connectivity index (χ1n) is 14.1. The number of hydrogen-bond acceptors (Lipinski definition) is 9. The Kier molecular flexibility index (Phi) is 11.2. The van der Waals surface area contributed by atoms with Gasteiger partial charge in [-0.25, -0.2) is 9.78 Å². The van der Waals surface area contributed by atoms with E-state index in [4.69, 9.17) is 13.9 Å². The van der Waals surface area contributed by atoms with Gasteiger partial charge < -0.3 is 34.9 Å². The van der Waals surface area contributed by atoms with E-state index in [0.29, 0.717) is 11.1 Å². The molecule has 0 aliphatic carbocycles. The third kappa shape index (κ3) is 10.1. The van der Waals surface area contributed by atoms with Crippen LogP contribution in [0, 0.1) is 5.92 Å². The molecule has 1 heterocycles. The molecule has 232 valence electrons. The molecule has 2 unspecified atom stereocenters. The van der Waals surface area contributed by atoms with Crippen molar-refractivity contribution >= 4 is 35.0 Å². The van der Waals surface area contributed by atoms with Crippen LogP contribution in [0.1, 0.15) is 65.5 Å². The number of alkyl carbamates (subject to hydrolysis) is 1. The summed E-state index contributed by atoms with van der Waals surface area (Å²) in [6, 6.07) is 12.7. The summed E-state index contributed by atoms with van der Waals surface area (Å²) in [6.45, 7) is 10.0. The molecule has 12 nitrogen and oxygen atoms in total. The largest absolute Gasteiger partial charge is 0.460 e. The number of benzene rings is 2. The lowest BCUT2D eigenvalue weighted by atomic mass is 10.0. The van der Waals surface area contributed by atoms with Gasteiger partial charge in [0.2, 0.25) is 17.7 Å². The molecule has 0 saturated carbocycles. The molecule has 0 aliphatic rings. The number of nitrogens with one attached hydrogen (secondary N) is 3. The van der Waals surface area contributed by atoms with Crippen molar-refractivity contribution in [2.24, 2.45) is 5.92 Å².